The Hall–Kier alpha value is -2.56. The average Bonchev–Trinajstić information content (AvgIpc) is 3.23. The van der Waals surface area contributed by atoms with Crippen molar-refractivity contribution in [3.05, 3.63) is 34.6 Å². The molecule has 1 saturated heterocycles. The summed E-state index contributed by atoms with van der Waals surface area (Å²) in [6.07, 6.45) is 6.05. The van der Waals surface area contributed by atoms with Gasteiger partial charge < -0.3 is 30.2 Å². The quantitative estimate of drug-likeness (QED) is 0.408. The third-order valence-corrected chi connectivity index (χ3v) is 8.74. The van der Waals surface area contributed by atoms with Crippen LogP contribution in [0.1, 0.15) is 101 Å². The molecule has 3 N–H and O–H groups in total. The van der Waals surface area contributed by atoms with Gasteiger partial charge in [-0.2, -0.15) is 0 Å². The summed E-state index contributed by atoms with van der Waals surface area (Å²) in [7, 11) is 1.77. The maximum atomic E-state index is 15.9. The van der Waals surface area contributed by atoms with Gasteiger partial charge in [-0.3, -0.25) is 14.4 Å². The van der Waals surface area contributed by atoms with E-state index in [1.165, 1.54) is 4.90 Å². The number of amides is 2. The number of nitrogens with zero attached hydrogens (tertiary/aromatic N) is 1. The molecular formula is C31H46FN3O6. The Kier molecular flexibility index (Phi) is 9.76. The van der Waals surface area contributed by atoms with Crippen molar-refractivity contribution in [1.82, 2.24) is 10.2 Å². The number of halogens is 1. The molecule has 2 aliphatic heterocycles. The summed E-state index contributed by atoms with van der Waals surface area (Å²) in [6.45, 7) is 7.96. The first-order valence-corrected chi connectivity index (χ1v) is 14.9. The number of primary amides is 1. The lowest BCUT2D eigenvalue weighted by Gasteiger charge is -2.40. The highest BCUT2D eigenvalue weighted by Gasteiger charge is 2.39. The van der Waals surface area contributed by atoms with Crippen LogP contribution in [0, 0.1) is 5.82 Å². The fourth-order valence-corrected chi connectivity index (χ4v) is 6.28. The van der Waals surface area contributed by atoms with Crippen LogP contribution in [0.4, 0.5) is 4.39 Å². The number of benzene rings is 1. The molecule has 1 aromatic carbocycles. The van der Waals surface area contributed by atoms with Crippen LogP contribution >= 0.6 is 0 Å². The molecule has 0 bridgehead atoms. The normalized spacial score (nSPS) is 27.4. The second-order valence-corrected chi connectivity index (χ2v) is 13.0. The van der Waals surface area contributed by atoms with Crippen molar-refractivity contribution in [2.24, 2.45) is 5.73 Å². The Balaban J connectivity index is 1.42. The predicted octanol–water partition coefficient (Wildman–Crippen LogP) is 3.78. The molecule has 4 rings (SSSR count). The van der Waals surface area contributed by atoms with E-state index in [4.69, 9.17) is 19.9 Å². The van der Waals surface area contributed by atoms with Crippen molar-refractivity contribution in [2.75, 3.05) is 13.7 Å². The van der Waals surface area contributed by atoms with Crippen LogP contribution in [0.25, 0.3) is 0 Å². The summed E-state index contributed by atoms with van der Waals surface area (Å²) in [6, 6.07) is 2.71. The maximum absolute atomic E-state index is 15.9. The molecule has 1 aromatic rings. The number of methoxy groups -OCH3 is 1. The summed E-state index contributed by atoms with van der Waals surface area (Å²) in [5.74, 6) is -2.14. The minimum Gasteiger partial charge on any atom is -0.460 e. The Bertz CT molecular complexity index is 1130. The van der Waals surface area contributed by atoms with Gasteiger partial charge in [0.25, 0.3) is 5.91 Å². The molecule has 1 aliphatic carbocycles. The average molecular weight is 576 g/mol. The first-order chi connectivity index (χ1) is 19.3. The maximum Gasteiger partial charge on any atom is 0.306 e. The highest BCUT2D eigenvalue weighted by molar-refractivity contribution is 6.01. The first kappa shape index (κ1) is 31.4. The number of fused-ring (bicyclic) bond motifs is 1. The van der Waals surface area contributed by atoms with E-state index in [0.29, 0.717) is 24.6 Å². The number of rotatable bonds is 10. The molecule has 10 heteroatoms. The molecule has 2 amide bonds. The van der Waals surface area contributed by atoms with Gasteiger partial charge in [0.1, 0.15) is 17.5 Å². The minimum absolute atomic E-state index is 0.00636. The second-order valence-electron chi connectivity index (χ2n) is 13.0. The molecule has 0 spiro atoms. The lowest BCUT2D eigenvalue weighted by molar-refractivity contribution is -0.155. The van der Waals surface area contributed by atoms with Crippen molar-refractivity contribution in [1.29, 1.82) is 0 Å². The lowest BCUT2D eigenvalue weighted by atomic mass is 9.82. The van der Waals surface area contributed by atoms with Gasteiger partial charge in [-0.15, -0.1) is 0 Å². The standard InChI is InChI=1S/C31H46FN3O6/c1-30(2,3)41-26(36)11-10-24(28(33)37)35-18-22-21(29(35)38)9-8-19(27(22)32)17-25-23(7-6-16-40-25)34-20-12-14-31(4,39-5)15-13-20/h8-9,20,23-25,34H,6-7,10-18H2,1-5H3,(H2,33,37)/t20?,23-,24-,25+,31?/m0/s1. The highest BCUT2D eigenvalue weighted by Crippen LogP contribution is 2.33. The number of hydrogen-bond donors (Lipinski definition) is 2. The second kappa shape index (κ2) is 12.8. The zero-order chi connectivity index (χ0) is 29.9. The molecule has 1 saturated carbocycles. The largest absolute Gasteiger partial charge is 0.460 e. The number of hydrogen-bond acceptors (Lipinski definition) is 7. The van der Waals surface area contributed by atoms with E-state index in [9.17, 15) is 14.4 Å². The van der Waals surface area contributed by atoms with Crippen molar-refractivity contribution in [3.8, 4) is 0 Å². The molecule has 3 aliphatic rings. The molecule has 2 heterocycles. The molecule has 228 valence electrons. The molecule has 9 nitrogen and oxygen atoms in total. The number of nitrogens with one attached hydrogen (secondary N) is 1. The van der Waals surface area contributed by atoms with Crippen molar-refractivity contribution < 1.29 is 33.0 Å². The summed E-state index contributed by atoms with van der Waals surface area (Å²) < 4.78 is 33.0. The lowest BCUT2D eigenvalue weighted by Crippen LogP contribution is -2.51. The van der Waals surface area contributed by atoms with Crippen LogP contribution in [0.2, 0.25) is 0 Å². The fraction of sp³-hybridized carbons (Fsp3) is 0.710. The number of carbonyl (C=O) groups excluding carboxylic acids is 3. The topological polar surface area (TPSA) is 120 Å². The van der Waals surface area contributed by atoms with Gasteiger partial charge in [0.15, 0.2) is 0 Å². The molecule has 0 radical (unpaired) electrons. The molecule has 2 fully saturated rings. The van der Waals surface area contributed by atoms with Gasteiger partial charge in [0, 0.05) is 49.8 Å². The van der Waals surface area contributed by atoms with Crippen LogP contribution in [0.3, 0.4) is 0 Å². The molecule has 0 unspecified atom stereocenters. The fourth-order valence-electron chi connectivity index (χ4n) is 6.28. The van der Waals surface area contributed by atoms with Crippen LogP contribution < -0.4 is 11.1 Å². The SMILES string of the molecule is COC1(C)CCC(N[C@H]2CCCO[C@@H]2Cc2ccc3c(c2F)CN([C@@H](CCC(=O)OC(C)(C)C)C(N)=O)C3=O)CC1. The monoisotopic (exact) mass is 575 g/mol. The van der Waals surface area contributed by atoms with Gasteiger partial charge in [0.05, 0.1) is 18.2 Å². The van der Waals surface area contributed by atoms with E-state index in [2.05, 4.69) is 12.2 Å². The third-order valence-electron chi connectivity index (χ3n) is 8.74. The Morgan fingerprint density at radius 1 is 1.24 bits per heavy atom. The van der Waals surface area contributed by atoms with Crippen LogP contribution in [0.5, 0.6) is 0 Å². The van der Waals surface area contributed by atoms with E-state index >= 15 is 4.39 Å². The molecule has 3 atom stereocenters. The summed E-state index contributed by atoms with van der Waals surface area (Å²) in [4.78, 5) is 39.0. The Morgan fingerprint density at radius 3 is 2.59 bits per heavy atom. The van der Waals surface area contributed by atoms with Crippen LogP contribution in [-0.4, -0.2) is 71.8 Å². The Labute approximate surface area is 242 Å². The zero-order valence-electron chi connectivity index (χ0n) is 25.1. The zero-order valence-corrected chi connectivity index (χ0v) is 25.1. The minimum atomic E-state index is -1.05. The van der Waals surface area contributed by atoms with Crippen LogP contribution in [0.15, 0.2) is 12.1 Å². The number of ether oxygens (including phenoxy) is 3. The van der Waals surface area contributed by atoms with E-state index in [0.717, 1.165) is 38.5 Å². The number of esters is 1. The molecule has 41 heavy (non-hydrogen) atoms. The van der Waals surface area contributed by atoms with Crippen LogP contribution in [-0.2, 0) is 36.8 Å². The molecule has 0 aromatic heterocycles. The summed E-state index contributed by atoms with van der Waals surface area (Å²) >= 11 is 0. The number of carbonyl (C=O) groups is 3. The van der Waals surface area contributed by atoms with Gasteiger partial charge >= 0.3 is 5.97 Å². The van der Waals surface area contributed by atoms with Crippen molar-refractivity contribution >= 4 is 17.8 Å². The highest BCUT2D eigenvalue weighted by atomic mass is 19.1. The first-order valence-electron chi connectivity index (χ1n) is 14.9. The van der Waals surface area contributed by atoms with E-state index in [1.54, 1.807) is 40.0 Å². The van der Waals surface area contributed by atoms with Crippen molar-refractivity contribution in [2.45, 2.75) is 127 Å². The van der Waals surface area contributed by atoms with E-state index in [1.807, 2.05) is 0 Å². The Morgan fingerprint density at radius 2 is 1.95 bits per heavy atom. The van der Waals surface area contributed by atoms with E-state index in [-0.39, 0.29) is 48.3 Å². The van der Waals surface area contributed by atoms with Gasteiger partial charge in [-0.25, -0.2) is 4.39 Å². The summed E-state index contributed by atoms with van der Waals surface area (Å²) in [5, 5.41) is 3.79. The summed E-state index contributed by atoms with van der Waals surface area (Å²) in [5.41, 5.74) is 5.84. The smallest absolute Gasteiger partial charge is 0.306 e. The molecular weight excluding hydrogens is 529 g/mol. The van der Waals surface area contributed by atoms with Gasteiger partial charge in [-0.1, -0.05) is 6.07 Å². The predicted molar refractivity (Wildman–Crippen MR) is 152 cm³/mol. The number of nitrogens with two attached hydrogens (primary N) is 1. The van der Waals surface area contributed by atoms with Gasteiger partial charge in [0.2, 0.25) is 5.91 Å². The van der Waals surface area contributed by atoms with Crippen molar-refractivity contribution in [3.63, 3.8) is 0 Å². The van der Waals surface area contributed by atoms with E-state index < -0.39 is 35.2 Å². The van der Waals surface area contributed by atoms with Gasteiger partial charge in [-0.05, 0) is 84.3 Å². The third kappa shape index (κ3) is 7.64.